The largest absolute Gasteiger partial charge is 0.372 e. The van der Waals surface area contributed by atoms with Crippen molar-refractivity contribution < 1.29 is 9.53 Å². The van der Waals surface area contributed by atoms with Crippen molar-refractivity contribution in [2.75, 3.05) is 18.0 Å². The fourth-order valence-corrected chi connectivity index (χ4v) is 2.54. The molecule has 0 N–H and O–H groups in total. The van der Waals surface area contributed by atoms with Gasteiger partial charge in [0, 0.05) is 24.3 Å². The Morgan fingerprint density at radius 1 is 1.37 bits per heavy atom. The predicted molar refractivity (Wildman–Crippen MR) is 73.4 cm³/mol. The summed E-state index contributed by atoms with van der Waals surface area (Å²) >= 11 is 0. The third kappa shape index (κ3) is 2.94. The van der Waals surface area contributed by atoms with Crippen LogP contribution in [0.2, 0.25) is 0 Å². The second-order valence-electron chi connectivity index (χ2n) is 5.06. The number of carbonyl (C=O) groups excluding carboxylic acids is 1. The summed E-state index contributed by atoms with van der Waals surface area (Å²) in [6, 6.07) is 7.34. The highest BCUT2D eigenvalue weighted by atomic mass is 16.5. The molecule has 4 nitrogen and oxygen atoms in total. The number of benzene rings is 1. The molecule has 2 rings (SSSR count). The van der Waals surface area contributed by atoms with Gasteiger partial charge in [0.2, 0.25) is 0 Å². The van der Waals surface area contributed by atoms with E-state index in [-0.39, 0.29) is 18.0 Å². The van der Waals surface area contributed by atoms with Crippen LogP contribution in [0.1, 0.15) is 36.7 Å². The smallest absolute Gasteiger partial charge is 0.161 e. The molecule has 1 aliphatic heterocycles. The second-order valence-corrected chi connectivity index (χ2v) is 5.06. The Balaban J connectivity index is 2.41. The molecule has 2 atom stereocenters. The maximum absolute atomic E-state index is 11.7. The van der Waals surface area contributed by atoms with Gasteiger partial charge in [-0.3, -0.25) is 4.79 Å². The molecule has 1 saturated heterocycles. The summed E-state index contributed by atoms with van der Waals surface area (Å²) in [5, 5.41) is 9.02. The summed E-state index contributed by atoms with van der Waals surface area (Å²) in [5.74, 6) is 0.0197. The number of rotatable bonds is 2. The van der Waals surface area contributed by atoms with Crippen LogP contribution in [0.15, 0.2) is 18.2 Å². The number of nitriles is 1. The molecule has 0 aromatic heterocycles. The summed E-state index contributed by atoms with van der Waals surface area (Å²) in [4.78, 5) is 13.9. The number of Topliss-reactive ketones (excluding diaryl/α,β-unsaturated/α-hetero) is 1. The topological polar surface area (TPSA) is 53.3 Å². The van der Waals surface area contributed by atoms with Crippen molar-refractivity contribution in [2.45, 2.75) is 33.0 Å². The van der Waals surface area contributed by atoms with Crippen molar-refractivity contribution in [2.24, 2.45) is 0 Å². The average Bonchev–Trinajstić information content (AvgIpc) is 2.36. The number of ketones is 1. The lowest BCUT2D eigenvalue weighted by molar-refractivity contribution is -0.00526. The van der Waals surface area contributed by atoms with Crippen molar-refractivity contribution in [1.82, 2.24) is 0 Å². The third-order valence-electron chi connectivity index (χ3n) is 3.27. The summed E-state index contributed by atoms with van der Waals surface area (Å²) in [5.41, 5.74) is 2.08. The highest BCUT2D eigenvalue weighted by Crippen LogP contribution is 2.26. The Bertz CT molecular complexity index is 523. The maximum Gasteiger partial charge on any atom is 0.161 e. The molecule has 1 aromatic rings. The van der Waals surface area contributed by atoms with Crippen molar-refractivity contribution >= 4 is 11.5 Å². The van der Waals surface area contributed by atoms with Crippen LogP contribution >= 0.6 is 0 Å². The van der Waals surface area contributed by atoms with Crippen LogP contribution in [0.5, 0.6) is 0 Å². The SMILES string of the molecule is CC(=O)c1ccc(C#N)cc1N1CC(C)OC(C)C1. The summed E-state index contributed by atoms with van der Waals surface area (Å²) in [6.07, 6.45) is 0.239. The maximum atomic E-state index is 11.7. The molecular weight excluding hydrogens is 240 g/mol. The van der Waals surface area contributed by atoms with Gasteiger partial charge in [-0.05, 0) is 39.0 Å². The highest BCUT2D eigenvalue weighted by molar-refractivity contribution is 6.00. The van der Waals surface area contributed by atoms with E-state index in [0.717, 1.165) is 18.8 Å². The molecule has 2 unspecified atom stereocenters. The summed E-state index contributed by atoms with van der Waals surface area (Å²) in [7, 11) is 0. The van der Waals surface area contributed by atoms with Crippen LogP contribution in [-0.2, 0) is 4.74 Å². The van der Waals surface area contributed by atoms with E-state index in [9.17, 15) is 4.79 Å². The predicted octanol–water partition coefficient (Wildman–Crippen LogP) is 2.37. The number of anilines is 1. The first-order chi connectivity index (χ1) is 9.01. The molecule has 0 radical (unpaired) electrons. The van der Waals surface area contributed by atoms with E-state index in [1.54, 1.807) is 25.1 Å². The number of nitrogens with zero attached hydrogens (tertiary/aromatic N) is 2. The van der Waals surface area contributed by atoms with Gasteiger partial charge in [0.1, 0.15) is 0 Å². The van der Waals surface area contributed by atoms with Crippen LogP contribution < -0.4 is 4.90 Å². The molecule has 0 saturated carbocycles. The van der Waals surface area contributed by atoms with Crippen LogP contribution in [-0.4, -0.2) is 31.1 Å². The van der Waals surface area contributed by atoms with E-state index < -0.39 is 0 Å². The molecule has 0 amide bonds. The molecule has 100 valence electrons. The average molecular weight is 258 g/mol. The minimum absolute atomic E-state index is 0.0197. The van der Waals surface area contributed by atoms with Crippen LogP contribution in [0, 0.1) is 11.3 Å². The lowest BCUT2D eigenvalue weighted by atomic mass is 10.0. The van der Waals surface area contributed by atoms with E-state index in [4.69, 9.17) is 10.00 Å². The quantitative estimate of drug-likeness (QED) is 0.764. The highest BCUT2D eigenvalue weighted by Gasteiger charge is 2.25. The molecule has 1 aliphatic rings. The van der Waals surface area contributed by atoms with E-state index in [1.807, 2.05) is 13.8 Å². The Morgan fingerprint density at radius 3 is 2.53 bits per heavy atom. The number of morpholine rings is 1. The van der Waals surface area contributed by atoms with Gasteiger partial charge >= 0.3 is 0 Å². The minimum Gasteiger partial charge on any atom is -0.372 e. The summed E-state index contributed by atoms with van der Waals surface area (Å²) < 4.78 is 5.70. The van der Waals surface area contributed by atoms with Gasteiger partial charge in [0.25, 0.3) is 0 Å². The van der Waals surface area contributed by atoms with Crippen molar-refractivity contribution in [3.8, 4) is 6.07 Å². The zero-order valence-corrected chi connectivity index (χ0v) is 11.5. The lowest BCUT2D eigenvalue weighted by Crippen LogP contribution is -2.46. The first kappa shape index (κ1) is 13.6. The molecule has 4 heteroatoms. The van der Waals surface area contributed by atoms with E-state index in [1.165, 1.54) is 0 Å². The van der Waals surface area contributed by atoms with Crippen molar-refractivity contribution in [3.63, 3.8) is 0 Å². The second kappa shape index (κ2) is 5.41. The molecule has 0 bridgehead atoms. The molecule has 0 spiro atoms. The Morgan fingerprint density at radius 2 is 2.00 bits per heavy atom. The summed E-state index contributed by atoms with van der Waals surface area (Å²) in [6.45, 7) is 7.06. The first-order valence-corrected chi connectivity index (χ1v) is 6.46. The van der Waals surface area contributed by atoms with Gasteiger partial charge in [0.05, 0.1) is 23.8 Å². The van der Waals surface area contributed by atoms with Crippen molar-refractivity contribution in [3.05, 3.63) is 29.3 Å². The molecule has 19 heavy (non-hydrogen) atoms. The van der Waals surface area contributed by atoms with Gasteiger partial charge in [-0.1, -0.05) is 0 Å². The van der Waals surface area contributed by atoms with Crippen LogP contribution in [0.25, 0.3) is 0 Å². The fourth-order valence-electron chi connectivity index (χ4n) is 2.54. The van der Waals surface area contributed by atoms with E-state index in [2.05, 4.69) is 11.0 Å². The molecular formula is C15H18N2O2. The number of hydrogen-bond acceptors (Lipinski definition) is 4. The molecule has 1 aromatic carbocycles. The van der Waals surface area contributed by atoms with Gasteiger partial charge in [-0.15, -0.1) is 0 Å². The molecule has 0 aliphatic carbocycles. The van der Waals surface area contributed by atoms with Gasteiger partial charge in [0.15, 0.2) is 5.78 Å². The van der Waals surface area contributed by atoms with Gasteiger partial charge in [-0.25, -0.2) is 0 Å². The molecule has 1 fully saturated rings. The van der Waals surface area contributed by atoms with Crippen molar-refractivity contribution in [1.29, 1.82) is 5.26 Å². The van der Waals surface area contributed by atoms with E-state index in [0.29, 0.717) is 11.1 Å². The zero-order valence-electron chi connectivity index (χ0n) is 11.5. The number of carbonyl (C=O) groups is 1. The van der Waals surface area contributed by atoms with Crippen LogP contribution in [0.4, 0.5) is 5.69 Å². The van der Waals surface area contributed by atoms with E-state index >= 15 is 0 Å². The lowest BCUT2D eigenvalue weighted by Gasteiger charge is -2.37. The standard InChI is InChI=1S/C15H18N2O2/c1-10-8-17(9-11(2)19-10)15-6-13(7-16)4-5-14(15)12(3)18/h4-6,10-11H,8-9H2,1-3H3. The Hall–Kier alpha value is -1.86. The van der Waals surface area contributed by atoms with Gasteiger partial charge < -0.3 is 9.64 Å². The number of ether oxygens (including phenoxy) is 1. The van der Waals surface area contributed by atoms with Gasteiger partial charge in [-0.2, -0.15) is 5.26 Å². The zero-order chi connectivity index (χ0) is 14.0. The minimum atomic E-state index is 0.0197. The Kier molecular flexibility index (Phi) is 3.87. The Labute approximate surface area is 113 Å². The third-order valence-corrected chi connectivity index (χ3v) is 3.27. The first-order valence-electron chi connectivity index (χ1n) is 6.46. The fraction of sp³-hybridized carbons (Fsp3) is 0.467. The number of hydrogen-bond donors (Lipinski definition) is 0. The molecule has 1 heterocycles. The normalized spacial score (nSPS) is 22.9. The van der Waals surface area contributed by atoms with Crippen LogP contribution in [0.3, 0.4) is 0 Å². The monoisotopic (exact) mass is 258 g/mol.